The second-order valence-electron chi connectivity index (χ2n) is 6.08. The van der Waals surface area contributed by atoms with Crippen LogP contribution in [0.2, 0.25) is 0 Å². The van der Waals surface area contributed by atoms with Crippen molar-refractivity contribution in [2.45, 2.75) is 40.7 Å². The Morgan fingerprint density at radius 2 is 1.91 bits per heavy atom. The maximum atomic E-state index is 12.4. The smallest absolute Gasteiger partial charge is 0.259 e. The fourth-order valence-electron chi connectivity index (χ4n) is 2.63. The molecular weight excluding hydrogens is 306 g/mol. The minimum atomic E-state index is -0.0723. The molecule has 0 saturated heterocycles. The first-order valence-electron chi connectivity index (χ1n) is 7.70. The van der Waals surface area contributed by atoms with E-state index in [1.165, 1.54) is 11.1 Å². The topological polar surface area (TPSA) is 57.8 Å². The lowest BCUT2D eigenvalue weighted by atomic mass is 10.1. The fraction of sp³-hybridized carbons (Fsp3) is 0.333. The predicted molar refractivity (Wildman–Crippen MR) is 97.7 cm³/mol. The van der Waals surface area contributed by atoms with Gasteiger partial charge in [0.25, 0.3) is 5.56 Å². The molecule has 4 nitrogen and oxygen atoms in total. The van der Waals surface area contributed by atoms with Gasteiger partial charge in [-0.15, -0.1) is 11.3 Å². The van der Waals surface area contributed by atoms with Crippen LogP contribution >= 0.6 is 11.3 Å². The SMILES string of the molecule is Cc1ccc(N[C@H](C)c2nc3sc(C)c(C)c3c(=O)[nH]2)cc1C. The van der Waals surface area contributed by atoms with Crippen molar-refractivity contribution >= 4 is 27.2 Å². The summed E-state index contributed by atoms with van der Waals surface area (Å²) < 4.78 is 0. The zero-order valence-corrected chi connectivity index (χ0v) is 14.9. The summed E-state index contributed by atoms with van der Waals surface area (Å²) in [7, 11) is 0. The lowest BCUT2D eigenvalue weighted by Gasteiger charge is -2.15. The van der Waals surface area contributed by atoms with Crippen molar-refractivity contribution in [2.24, 2.45) is 0 Å². The molecule has 23 heavy (non-hydrogen) atoms. The third-order valence-corrected chi connectivity index (χ3v) is 5.46. The number of nitrogens with zero attached hydrogens (tertiary/aromatic N) is 1. The summed E-state index contributed by atoms with van der Waals surface area (Å²) in [5.74, 6) is 0.668. The average Bonchev–Trinajstić information content (AvgIpc) is 2.78. The Labute approximate surface area is 139 Å². The number of hydrogen-bond acceptors (Lipinski definition) is 4. The summed E-state index contributed by atoms with van der Waals surface area (Å²) >= 11 is 1.58. The minimum absolute atomic E-state index is 0.0550. The number of nitrogens with one attached hydrogen (secondary N) is 2. The highest BCUT2D eigenvalue weighted by atomic mass is 32.1. The number of hydrogen-bond donors (Lipinski definition) is 2. The van der Waals surface area contributed by atoms with E-state index in [2.05, 4.69) is 47.3 Å². The molecule has 3 aromatic rings. The molecule has 1 aromatic carbocycles. The number of H-pyrrole nitrogens is 1. The molecule has 2 aromatic heterocycles. The summed E-state index contributed by atoms with van der Waals surface area (Å²) in [5, 5.41) is 4.13. The predicted octanol–water partition coefficient (Wildman–Crippen LogP) is 4.39. The lowest BCUT2D eigenvalue weighted by molar-refractivity contribution is 0.792. The van der Waals surface area contributed by atoms with Gasteiger partial charge in [-0.25, -0.2) is 4.98 Å². The second-order valence-corrected chi connectivity index (χ2v) is 7.28. The first-order valence-corrected chi connectivity index (χ1v) is 8.52. The van der Waals surface area contributed by atoms with E-state index in [4.69, 9.17) is 0 Å². The highest BCUT2D eigenvalue weighted by Crippen LogP contribution is 2.27. The van der Waals surface area contributed by atoms with Crippen molar-refractivity contribution in [3.8, 4) is 0 Å². The van der Waals surface area contributed by atoms with Gasteiger partial charge in [0.1, 0.15) is 10.7 Å². The van der Waals surface area contributed by atoms with Crippen LogP contribution in [0.15, 0.2) is 23.0 Å². The third kappa shape index (κ3) is 2.88. The van der Waals surface area contributed by atoms with Crippen LogP contribution in [0, 0.1) is 27.7 Å². The van der Waals surface area contributed by atoms with Crippen LogP contribution in [0.25, 0.3) is 10.2 Å². The van der Waals surface area contributed by atoms with E-state index in [-0.39, 0.29) is 11.6 Å². The van der Waals surface area contributed by atoms with Gasteiger partial charge in [-0.05, 0) is 63.4 Å². The quantitative estimate of drug-likeness (QED) is 0.750. The standard InChI is InChI=1S/C18H21N3OS/c1-9-6-7-14(8-10(9)2)19-12(4)16-20-17(22)15-11(3)13(5)23-18(15)21-16/h6-8,12,19H,1-5H3,(H,20,21,22)/t12-/m1/s1. The Morgan fingerprint density at radius 3 is 2.61 bits per heavy atom. The van der Waals surface area contributed by atoms with E-state index in [1.54, 1.807) is 11.3 Å². The van der Waals surface area contributed by atoms with Crippen LogP contribution in [0.5, 0.6) is 0 Å². The van der Waals surface area contributed by atoms with Gasteiger partial charge in [-0.2, -0.15) is 0 Å². The number of aromatic amines is 1. The maximum absolute atomic E-state index is 12.4. The van der Waals surface area contributed by atoms with Crippen LogP contribution in [-0.4, -0.2) is 9.97 Å². The Kier molecular flexibility index (Phi) is 3.98. The van der Waals surface area contributed by atoms with E-state index >= 15 is 0 Å². The Bertz CT molecular complexity index is 939. The van der Waals surface area contributed by atoms with Crippen molar-refractivity contribution < 1.29 is 0 Å². The van der Waals surface area contributed by atoms with Crippen molar-refractivity contribution in [1.29, 1.82) is 0 Å². The van der Waals surface area contributed by atoms with Crippen LogP contribution in [0.1, 0.15) is 40.4 Å². The van der Waals surface area contributed by atoms with Crippen molar-refractivity contribution in [1.82, 2.24) is 9.97 Å². The van der Waals surface area contributed by atoms with Crippen molar-refractivity contribution in [2.75, 3.05) is 5.32 Å². The number of benzene rings is 1. The number of aryl methyl sites for hydroxylation is 4. The summed E-state index contributed by atoms with van der Waals surface area (Å²) in [5.41, 5.74) is 4.51. The largest absolute Gasteiger partial charge is 0.375 e. The normalized spacial score (nSPS) is 12.6. The zero-order valence-electron chi connectivity index (χ0n) is 14.1. The zero-order chi connectivity index (χ0) is 16.7. The fourth-order valence-corrected chi connectivity index (χ4v) is 3.66. The number of fused-ring (bicyclic) bond motifs is 1. The molecular formula is C18H21N3OS. The first-order chi connectivity index (χ1) is 10.9. The molecule has 0 radical (unpaired) electrons. The molecule has 0 amide bonds. The molecule has 3 rings (SSSR count). The van der Waals surface area contributed by atoms with Gasteiger partial charge in [0.05, 0.1) is 11.4 Å². The molecule has 0 aliphatic carbocycles. The summed E-state index contributed by atoms with van der Waals surface area (Å²) in [6.07, 6.45) is 0. The van der Waals surface area contributed by atoms with Crippen LogP contribution < -0.4 is 10.9 Å². The highest BCUT2D eigenvalue weighted by Gasteiger charge is 2.15. The Balaban J connectivity index is 1.96. The maximum Gasteiger partial charge on any atom is 0.259 e. The molecule has 0 saturated carbocycles. The monoisotopic (exact) mass is 327 g/mol. The molecule has 0 spiro atoms. The molecule has 0 bridgehead atoms. The summed E-state index contributed by atoms with van der Waals surface area (Å²) in [4.78, 5) is 21.9. The van der Waals surface area contributed by atoms with Gasteiger partial charge in [0, 0.05) is 10.6 Å². The minimum Gasteiger partial charge on any atom is -0.375 e. The Morgan fingerprint density at radius 1 is 1.17 bits per heavy atom. The summed E-state index contributed by atoms with van der Waals surface area (Å²) in [6, 6.07) is 6.18. The third-order valence-electron chi connectivity index (χ3n) is 4.36. The van der Waals surface area contributed by atoms with E-state index in [1.807, 2.05) is 20.8 Å². The van der Waals surface area contributed by atoms with Crippen molar-refractivity contribution in [3.63, 3.8) is 0 Å². The molecule has 120 valence electrons. The van der Waals surface area contributed by atoms with Gasteiger partial charge >= 0.3 is 0 Å². The van der Waals surface area contributed by atoms with Crippen LogP contribution in [0.3, 0.4) is 0 Å². The van der Waals surface area contributed by atoms with Crippen LogP contribution in [-0.2, 0) is 0 Å². The number of aromatic nitrogens is 2. The van der Waals surface area contributed by atoms with Crippen LogP contribution in [0.4, 0.5) is 5.69 Å². The Hall–Kier alpha value is -2.14. The lowest BCUT2D eigenvalue weighted by Crippen LogP contribution is -2.17. The molecule has 0 unspecified atom stereocenters. The number of rotatable bonds is 3. The highest BCUT2D eigenvalue weighted by molar-refractivity contribution is 7.18. The van der Waals surface area contributed by atoms with Gasteiger partial charge in [-0.3, -0.25) is 4.79 Å². The van der Waals surface area contributed by atoms with Gasteiger partial charge in [-0.1, -0.05) is 6.07 Å². The van der Waals surface area contributed by atoms with Gasteiger partial charge < -0.3 is 10.3 Å². The first kappa shape index (κ1) is 15.7. The molecule has 1 atom stereocenters. The van der Waals surface area contributed by atoms with Gasteiger partial charge in [0.2, 0.25) is 0 Å². The number of anilines is 1. The number of thiophene rings is 1. The molecule has 0 fully saturated rings. The molecule has 2 heterocycles. The van der Waals surface area contributed by atoms with E-state index in [0.717, 1.165) is 26.3 Å². The van der Waals surface area contributed by atoms with E-state index < -0.39 is 0 Å². The van der Waals surface area contributed by atoms with Crippen molar-refractivity contribution in [3.05, 3.63) is 55.9 Å². The molecule has 0 aliphatic heterocycles. The molecule has 0 aliphatic rings. The van der Waals surface area contributed by atoms with E-state index in [9.17, 15) is 4.79 Å². The summed E-state index contributed by atoms with van der Waals surface area (Å²) in [6.45, 7) is 10.2. The second kappa shape index (κ2) is 5.81. The molecule has 2 N–H and O–H groups in total. The molecule has 5 heteroatoms. The van der Waals surface area contributed by atoms with Gasteiger partial charge in [0.15, 0.2) is 0 Å². The average molecular weight is 327 g/mol. The van der Waals surface area contributed by atoms with E-state index in [0.29, 0.717) is 5.82 Å².